The van der Waals surface area contributed by atoms with Crippen molar-refractivity contribution in [3.63, 3.8) is 0 Å². The van der Waals surface area contributed by atoms with Gasteiger partial charge in [-0.3, -0.25) is 9.00 Å². The van der Waals surface area contributed by atoms with Crippen LogP contribution in [0.1, 0.15) is 63.7 Å². The first-order chi connectivity index (χ1) is 19.6. The number of aliphatic hydroxyl groups is 1. The Balaban J connectivity index is 1.59. The molecule has 1 heterocycles. The molecule has 0 aliphatic carbocycles. The van der Waals surface area contributed by atoms with E-state index in [1.54, 1.807) is 32.9 Å². The van der Waals surface area contributed by atoms with Crippen molar-refractivity contribution in [3.8, 4) is 11.5 Å². The summed E-state index contributed by atoms with van der Waals surface area (Å²) in [5, 5.41) is 10.2. The lowest BCUT2D eigenvalue weighted by atomic mass is 10.0. The van der Waals surface area contributed by atoms with Crippen LogP contribution in [-0.2, 0) is 29.8 Å². The first-order valence-corrected chi connectivity index (χ1v) is 15.3. The number of hydrogen-bond acceptors (Lipinski definition) is 7. The quantitative estimate of drug-likeness (QED) is 0.254. The Labute approximate surface area is 245 Å². The fraction of sp³-hybridized carbons (Fsp3) is 0.424. The normalized spacial score (nSPS) is 18.6. The maximum absolute atomic E-state index is 13.7. The fourth-order valence-electron chi connectivity index (χ4n) is 4.56. The van der Waals surface area contributed by atoms with E-state index in [4.69, 9.17) is 18.9 Å². The molecule has 0 bridgehead atoms. The minimum Gasteiger partial charge on any atom is -0.459 e. The molecule has 1 saturated heterocycles. The molecular formula is C33H40O7S. The lowest BCUT2D eigenvalue weighted by molar-refractivity contribution is -0.195. The summed E-state index contributed by atoms with van der Waals surface area (Å²) in [5.74, 6) is 0.654. The van der Waals surface area contributed by atoms with Gasteiger partial charge in [0.2, 0.25) is 0 Å². The van der Waals surface area contributed by atoms with Crippen molar-refractivity contribution in [3.05, 3.63) is 90.0 Å². The molecule has 1 aliphatic heterocycles. The van der Waals surface area contributed by atoms with E-state index < -0.39 is 46.1 Å². The highest BCUT2D eigenvalue weighted by atomic mass is 32.2. The molecule has 0 amide bonds. The van der Waals surface area contributed by atoms with E-state index in [-0.39, 0.29) is 6.42 Å². The largest absolute Gasteiger partial charge is 0.459 e. The van der Waals surface area contributed by atoms with Gasteiger partial charge in [-0.25, -0.2) is 0 Å². The number of aryl methyl sites for hydroxylation is 1. The van der Waals surface area contributed by atoms with Crippen molar-refractivity contribution < 1.29 is 33.1 Å². The maximum Gasteiger partial charge on any atom is 0.325 e. The maximum atomic E-state index is 13.7. The zero-order chi connectivity index (χ0) is 29.4. The van der Waals surface area contributed by atoms with Crippen molar-refractivity contribution >= 4 is 16.8 Å². The molecule has 3 aromatic rings. The molecule has 1 aliphatic rings. The summed E-state index contributed by atoms with van der Waals surface area (Å²) < 4.78 is 37.5. The second-order valence-electron chi connectivity index (χ2n) is 11.3. The molecule has 2 unspecified atom stereocenters. The predicted octanol–water partition coefficient (Wildman–Crippen LogP) is 6.64. The summed E-state index contributed by atoms with van der Waals surface area (Å²) in [7, 11) is -1.86. The van der Waals surface area contributed by atoms with E-state index in [9.17, 15) is 14.1 Å². The lowest BCUT2D eigenvalue weighted by Gasteiger charge is -2.31. The number of aliphatic hydroxyl groups excluding tert-OH is 1. The van der Waals surface area contributed by atoms with Crippen molar-refractivity contribution in [2.24, 2.45) is 0 Å². The van der Waals surface area contributed by atoms with Crippen LogP contribution in [-0.4, -0.2) is 45.1 Å². The van der Waals surface area contributed by atoms with Gasteiger partial charge in [0.05, 0.1) is 23.0 Å². The predicted molar refractivity (Wildman–Crippen MR) is 158 cm³/mol. The van der Waals surface area contributed by atoms with Crippen LogP contribution < -0.4 is 4.74 Å². The van der Waals surface area contributed by atoms with Crippen LogP contribution >= 0.6 is 0 Å². The smallest absolute Gasteiger partial charge is 0.325 e. The molecule has 7 nitrogen and oxygen atoms in total. The summed E-state index contributed by atoms with van der Waals surface area (Å²) in [6.45, 7) is 7.76. The molecule has 41 heavy (non-hydrogen) atoms. The number of esters is 1. The van der Waals surface area contributed by atoms with Gasteiger partial charge in [-0.05, 0) is 88.9 Å². The highest BCUT2D eigenvalue weighted by Crippen LogP contribution is 2.32. The van der Waals surface area contributed by atoms with Crippen LogP contribution in [0, 0.1) is 6.92 Å². The van der Waals surface area contributed by atoms with E-state index >= 15 is 0 Å². The molecule has 0 radical (unpaired) electrons. The van der Waals surface area contributed by atoms with Crippen molar-refractivity contribution in [1.82, 2.24) is 0 Å². The monoisotopic (exact) mass is 580 g/mol. The van der Waals surface area contributed by atoms with E-state index in [1.165, 1.54) is 0 Å². The van der Waals surface area contributed by atoms with Gasteiger partial charge in [-0.15, -0.1) is 0 Å². The molecule has 1 N–H and O–H groups in total. The highest BCUT2D eigenvalue weighted by Gasteiger charge is 2.39. The van der Waals surface area contributed by atoms with E-state index in [0.29, 0.717) is 17.3 Å². The number of carbonyl (C=O) groups is 1. The van der Waals surface area contributed by atoms with Gasteiger partial charge in [0.15, 0.2) is 11.5 Å². The highest BCUT2D eigenvalue weighted by molar-refractivity contribution is 7.86. The van der Waals surface area contributed by atoms with Gasteiger partial charge >= 0.3 is 5.97 Å². The molecule has 220 valence electrons. The van der Waals surface area contributed by atoms with Crippen LogP contribution in [0.15, 0.2) is 83.8 Å². The summed E-state index contributed by atoms with van der Waals surface area (Å²) >= 11 is 0. The van der Waals surface area contributed by atoms with E-state index in [0.717, 1.165) is 36.1 Å². The van der Waals surface area contributed by atoms with Crippen LogP contribution in [0.25, 0.3) is 0 Å². The summed E-state index contributed by atoms with van der Waals surface area (Å²) in [6, 6.07) is 24.0. The number of ether oxygens (including phenoxy) is 4. The second kappa shape index (κ2) is 14.2. The van der Waals surface area contributed by atoms with Crippen LogP contribution in [0.4, 0.5) is 0 Å². The standard InChI is InChI=1S/C33H40O7S/c1-23-13-19-27(20-14-23)41(36)31(32(35)40-33(2,3)4)28(34)22-29(39-30-12-8-9-21-37-30)24-15-17-26(18-16-24)38-25-10-6-5-7-11-25/h5-7,10-11,13-20,28-31,34H,8-9,12,21-22H2,1-4H3/t28-,29-,30?,31?,41+/m0/s1. The lowest BCUT2D eigenvalue weighted by Crippen LogP contribution is -2.43. The average molecular weight is 581 g/mol. The number of hydrogen-bond donors (Lipinski definition) is 1. The molecule has 0 aromatic heterocycles. The SMILES string of the molecule is Cc1ccc([S@@](=O)C(C(=O)OC(C)(C)C)[C@@H](O)C[C@H](OC2CCCCO2)c2ccc(Oc3ccccc3)cc2)cc1. The zero-order valence-corrected chi connectivity index (χ0v) is 25.0. The van der Waals surface area contributed by atoms with E-state index in [2.05, 4.69) is 0 Å². The first kappa shape index (κ1) is 30.9. The molecule has 0 spiro atoms. The van der Waals surface area contributed by atoms with Crippen LogP contribution in [0.3, 0.4) is 0 Å². The average Bonchev–Trinajstić information content (AvgIpc) is 2.94. The Morgan fingerprint density at radius 1 is 0.976 bits per heavy atom. The molecule has 5 atom stereocenters. The third kappa shape index (κ3) is 9.23. The summed E-state index contributed by atoms with van der Waals surface area (Å²) in [5.41, 5.74) is 0.968. The summed E-state index contributed by atoms with van der Waals surface area (Å²) in [6.07, 6.45) is 0.298. The zero-order valence-electron chi connectivity index (χ0n) is 24.2. The Morgan fingerprint density at radius 3 is 2.24 bits per heavy atom. The van der Waals surface area contributed by atoms with Crippen molar-refractivity contribution in [2.45, 2.75) is 87.6 Å². The Hall–Kier alpha value is -3.04. The Bertz CT molecular complexity index is 1260. The molecule has 1 fully saturated rings. The second-order valence-corrected chi connectivity index (χ2v) is 12.8. The van der Waals surface area contributed by atoms with Gasteiger partial charge in [0, 0.05) is 17.9 Å². The first-order valence-electron chi connectivity index (χ1n) is 14.1. The number of benzene rings is 3. The molecule has 8 heteroatoms. The van der Waals surface area contributed by atoms with Gasteiger partial charge in [-0.2, -0.15) is 0 Å². The van der Waals surface area contributed by atoms with Gasteiger partial charge in [-0.1, -0.05) is 48.0 Å². The minimum atomic E-state index is -1.86. The van der Waals surface area contributed by atoms with E-state index in [1.807, 2.05) is 73.7 Å². The third-order valence-corrected chi connectivity index (χ3v) is 8.32. The van der Waals surface area contributed by atoms with Gasteiger partial charge in [0.25, 0.3) is 0 Å². The van der Waals surface area contributed by atoms with Gasteiger partial charge < -0.3 is 24.1 Å². The van der Waals surface area contributed by atoms with Gasteiger partial charge in [0.1, 0.15) is 17.1 Å². The van der Waals surface area contributed by atoms with Crippen LogP contribution in [0.5, 0.6) is 11.5 Å². The number of para-hydroxylation sites is 1. The molecule has 4 rings (SSSR count). The number of rotatable bonds is 11. The molecule has 0 saturated carbocycles. The fourth-order valence-corrected chi connectivity index (χ4v) is 5.87. The minimum absolute atomic E-state index is 0.0141. The Morgan fingerprint density at radius 2 is 1.63 bits per heavy atom. The van der Waals surface area contributed by atoms with Crippen LogP contribution in [0.2, 0.25) is 0 Å². The third-order valence-electron chi connectivity index (χ3n) is 6.61. The Kier molecular flexibility index (Phi) is 10.7. The molecular weight excluding hydrogens is 540 g/mol. The number of carbonyl (C=O) groups excluding carboxylic acids is 1. The molecule has 3 aromatic carbocycles. The topological polar surface area (TPSA) is 91.3 Å². The van der Waals surface area contributed by atoms with Crippen molar-refractivity contribution in [2.75, 3.05) is 6.61 Å². The summed E-state index contributed by atoms with van der Waals surface area (Å²) in [4.78, 5) is 13.8. The van der Waals surface area contributed by atoms with Crippen molar-refractivity contribution in [1.29, 1.82) is 0 Å².